The number of nitrogens with one attached hydrogen (secondary N) is 1. The molecule has 0 aliphatic carbocycles. The molecule has 1 aromatic heterocycles. The monoisotopic (exact) mass is 304 g/mol. The zero-order valence-electron chi connectivity index (χ0n) is 6.37. The van der Waals surface area contributed by atoms with Crippen LogP contribution in [-0.2, 0) is 6.18 Å². The zero-order valence-corrected chi connectivity index (χ0v) is 8.52. The maximum Gasteiger partial charge on any atom is 0.422 e. The first kappa shape index (κ1) is 10.5. The van der Waals surface area contributed by atoms with Crippen molar-refractivity contribution < 1.29 is 13.2 Å². The van der Waals surface area contributed by atoms with Crippen molar-refractivity contribution in [1.29, 1.82) is 0 Å². The van der Waals surface area contributed by atoms with Crippen LogP contribution in [0.4, 0.5) is 13.2 Å². The van der Waals surface area contributed by atoms with Crippen LogP contribution in [0.15, 0.2) is 4.79 Å². The Morgan fingerprint density at radius 2 is 2.00 bits per heavy atom. The van der Waals surface area contributed by atoms with Gasteiger partial charge in [-0.05, 0) is 29.5 Å². The molecule has 0 saturated heterocycles. The minimum absolute atomic E-state index is 0.142. The number of hydrogen-bond donors (Lipinski definition) is 1. The van der Waals surface area contributed by atoms with Crippen LogP contribution in [0.25, 0.3) is 0 Å². The number of aromatic nitrogens is 2. The van der Waals surface area contributed by atoms with E-state index < -0.39 is 17.3 Å². The van der Waals surface area contributed by atoms with E-state index in [4.69, 9.17) is 0 Å². The van der Waals surface area contributed by atoms with Gasteiger partial charge in [-0.2, -0.15) is 18.3 Å². The Labute approximate surface area is 84.5 Å². The van der Waals surface area contributed by atoms with Crippen molar-refractivity contribution in [1.82, 2.24) is 10.2 Å². The van der Waals surface area contributed by atoms with Crippen molar-refractivity contribution >= 4 is 22.6 Å². The van der Waals surface area contributed by atoms with Gasteiger partial charge in [-0.15, -0.1) is 0 Å². The molecule has 13 heavy (non-hydrogen) atoms. The molecular weight excluding hydrogens is 300 g/mol. The lowest BCUT2D eigenvalue weighted by Crippen LogP contribution is -2.25. The molecule has 0 unspecified atom stereocenters. The Balaban J connectivity index is 3.53. The lowest BCUT2D eigenvalue weighted by molar-refractivity contribution is -0.139. The molecule has 72 valence electrons. The third-order valence-electron chi connectivity index (χ3n) is 1.45. The standard InChI is InChI=1S/C6H4F3IN2O/c1-2-3(6(7,8)9)5(13)12-11-4(2)10/h1H3,(H,12,13). The van der Waals surface area contributed by atoms with Gasteiger partial charge in [-0.1, -0.05) is 0 Å². The fourth-order valence-electron chi connectivity index (χ4n) is 0.854. The fraction of sp³-hybridized carbons (Fsp3) is 0.333. The highest BCUT2D eigenvalue weighted by Gasteiger charge is 2.36. The Bertz CT molecular complexity index is 384. The molecule has 0 atom stereocenters. The van der Waals surface area contributed by atoms with Crippen molar-refractivity contribution in [2.45, 2.75) is 13.1 Å². The molecule has 1 heterocycles. The molecule has 0 radical (unpaired) electrons. The second-order valence-electron chi connectivity index (χ2n) is 2.34. The summed E-state index contributed by atoms with van der Waals surface area (Å²) in [6.07, 6.45) is -4.62. The van der Waals surface area contributed by atoms with E-state index in [9.17, 15) is 18.0 Å². The highest BCUT2D eigenvalue weighted by atomic mass is 127. The summed E-state index contributed by atoms with van der Waals surface area (Å²) in [6, 6.07) is 0. The van der Waals surface area contributed by atoms with Gasteiger partial charge in [0.1, 0.15) is 9.26 Å². The van der Waals surface area contributed by atoms with E-state index in [1.54, 1.807) is 27.7 Å². The van der Waals surface area contributed by atoms with Gasteiger partial charge in [0.2, 0.25) is 0 Å². The summed E-state index contributed by atoms with van der Waals surface area (Å²) in [5, 5.41) is 5.18. The van der Waals surface area contributed by atoms with E-state index in [-0.39, 0.29) is 9.26 Å². The normalized spacial score (nSPS) is 11.8. The lowest BCUT2D eigenvalue weighted by atomic mass is 10.2. The summed E-state index contributed by atoms with van der Waals surface area (Å²) in [7, 11) is 0. The quantitative estimate of drug-likeness (QED) is 0.742. The van der Waals surface area contributed by atoms with E-state index in [1.807, 2.05) is 0 Å². The summed E-state index contributed by atoms with van der Waals surface area (Å²) >= 11 is 1.63. The molecule has 0 amide bonds. The van der Waals surface area contributed by atoms with Crippen LogP contribution >= 0.6 is 22.6 Å². The lowest BCUT2D eigenvalue weighted by Gasteiger charge is -2.08. The number of aromatic amines is 1. The van der Waals surface area contributed by atoms with Gasteiger partial charge >= 0.3 is 6.18 Å². The first-order chi connectivity index (χ1) is 5.84. The van der Waals surface area contributed by atoms with E-state index in [2.05, 4.69) is 5.10 Å². The molecule has 0 bridgehead atoms. The van der Waals surface area contributed by atoms with Crippen LogP contribution in [0.3, 0.4) is 0 Å². The van der Waals surface area contributed by atoms with Crippen molar-refractivity contribution in [2.75, 3.05) is 0 Å². The molecule has 1 N–H and O–H groups in total. The molecule has 3 nitrogen and oxygen atoms in total. The fourth-order valence-corrected chi connectivity index (χ4v) is 1.24. The number of halogens is 4. The zero-order chi connectivity index (χ0) is 10.2. The molecule has 0 aromatic carbocycles. The maximum atomic E-state index is 12.2. The first-order valence-electron chi connectivity index (χ1n) is 3.16. The Kier molecular flexibility index (Phi) is 2.64. The Hall–Kier alpha value is -0.600. The average Bonchev–Trinajstić information content (AvgIpc) is 1.95. The minimum atomic E-state index is -4.62. The summed E-state index contributed by atoms with van der Waals surface area (Å²) in [6.45, 7) is 1.22. The second-order valence-corrected chi connectivity index (χ2v) is 3.36. The van der Waals surface area contributed by atoms with E-state index in [1.165, 1.54) is 6.92 Å². The predicted molar refractivity (Wildman–Crippen MR) is 47.3 cm³/mol. The summed E-state index contributed by atoms with van der Waals surface area (Å²) in [4.78, 5) is 10.8. The number of H-pyrrole nitrogens is 1. The van der Waals surface area contributed by atoms with Gasteiger partial charge < -0.3 is 0 Å². The Morgan fingerprint density at radius 3 is 2.38 bits per heavy atom. The molecule has 0 fully saturated rings. The third kappa shape index (κ3) is 2.01. The van der Waals surface area contributed by atoms with Gasteiger partial charge in [-0.3, -0.25) is 4.79 Å². The number of rotatable bonds is 0. The van der Waals surface area contributed by atoms with Crippen molar-refractivity contribution in [3.05, 3.63) is 25.2 Å². The van der Waals surface area contributed by atoms with Gasteiger partial charge in [0, 0.05) is 5.56 Å². The van der Waals surface area contributed by atoms with E-state index in [0.717, 1.165) is 0 Å². The minimum Gasteiger partial charge on any atom is -0.267 e. The number of nitrogens with zero attached hydrogens (tertiary/aromatic N) is 1. The van der Waals surface area contributed by atoms with Gasteiger partial charge in [0.05, 0.1) is 0 Å². The van der Waals surface area contributed by atoms with E-state index in [0.29, 0.717) is 0 Å². The molecule has 0 aliphatic heterocycles. The molecule has 0 aliphatic rings. The van der Waals surface area contributed by atoms with Gasteiger partial charge in [0.15, 0.2) is 0 Å². The molecular formula is C6H4F3IN2O. The van der Waals surface area contributed by atoms with E-state index >= 15 is 0 Å². The third-order valence-corrected chi connectivity index (χ3v) is 2.50. The SMILES string of the molecule is Cc1c(I)n[nH]c(=O)c1C(F)(F)F. The predicted octanol–water partition coefficient (Wildman–Crippen LogP) is 1.70. The van der Waals surface area contributed by atoms with Crippen LogP contribution in [0.5, 0.6) is 0 Å². The molecule has 1 aromatic rings. The van der Waals surface area contributed by atoms with Crippen LogP contribution < -0.4 is 5.56 Å². The van der Waals surface area contributed by atoms with Gasteiger partial charge in [-0.25, -0.2) is 5.10 Å². The van der Waals surface area contributed by atoms with Crippen molar-refractivity contribution in [3.8, 4) is 0 Å². The highest BCUT2D eigenvalue weighted by Crippen LogP contribution is 2.29. The average molecular weight is 304 g/mol. The first-order valence-corrected chi connectivity index (χ1v) is 4.24. The number of alkyl halides is 3. The van der Waals surface area contributed by atoms with Crippen LogP contribution in [-0.4, -0.2) is 10.2 Å². The van der Waals surface area contributed by atoms with Crippen molar-refractivity contribution in [3.63, 3.8) is 0 Å². The van der Waals surface area contributed by atoms with Gasteiger partial charge in [0.25, 0.3) is 5.56 Å². The topological polar surface area (TPSA) is 45.8 Å². The molecule has 1 rings (SSSR count). The number of hydrogen-bond acceptors (Lipinski definition) is 2. The largest absolute Gasteiger partial charge is 0.422 e. The molecule has 7 heteroatoms. The highest BCUT2D eigenvalue weighted by molar-refractivity contribution is 14.1. The smallest absolute Gasteiger partial charge is 0.267 e. The van der Waals surface area contributed by atoms with Crippen molar-refractivity contribution in [2.24, 2.45) is 0 Å². The Morgan fingerprint density at radius 1 is 1.46 bits per heavy atom. The summed E-state index contributed by atoms with van der Waals surface area (Å²) in [5.74, 6) is 0. The second kappa shape index (κ2) is 3.28. The van der Waals surface area contributed by atoms with Crippen LogP contribution in [0.1, 0.15) is 11.1 Å². The van der Waals surface area contributed by atoms with Crippen LogP contribution in [0, 0.1) is 10.6 Å². The molecule has 0 saturated carbocycles. The maximum absolute atomic E-state index is 12.2. The summed E-state index contributed by atoms with van der Waals surface area (Å²) in [5.41, 5.74) is -2.52. The molecule has 0 spiro atoms. The summed E-state index contributed by atoms with van der Waals surface area (Å²) < 4.78 is 36.9. The van der Waals surface area contributed by atoms with Crippen LogP contribution in [0.2, 0.25) is 0 Å².